The molecule has 2 rings (SSSR count). The quantitative estimate of drug-likeness (QED) is 0.760. The first-order chi connectivity index (χ1) is 9.11. The van der Waals surface area contributed by atoms with Crippen LogP contribution >= 0.6 is 23.2 Å². The number of alkyl halides is 2. The van der Waals surface area contributed by atoms with Gasteiger partial charge in [0.25, 0.3) is 0 Å². The van der Waals surface area contributed by atoms with Gasteiger partial charge in [-0.1, -0.05) is 43.7 Å². The fraction of sp³-hybridized carbons (Fsp3) is 0.533. The molecule has 0 saturated carbocycles. The molecular weight excluding hydrogens is 281 g/mol. The van der Waals surface area contributed by atoms with Crippen molar-refractivity contribution in [2.45, 2.75) is 31.2 Å². The molecule has 0 aromatic heterocycles. The molecule has 1 aromatic carbocycles. The van der Waals surface area contributed by atoms with Crippen molar-refractivity contribution < 1.29 is 4.79 Å². The van der Waals surface area contributed by atoms with Crippen LogP contribution in [0.25, 0.3) is 0 Å². The molecular formula is C15H19Cl2NO. The second-order valence-electron chi connectivity index (χ2n) is 5.13. The van der Waals surface area contributed by atoms with Crippen molar-refractivity contribution in [3.05, 3.63) is 35.9 Å². The summed E-state index contributed by atoms with van der Waals surface area (Å²) in [5.41, 5.74) is 1.13. The van der Waals surface area contributed by atoms with Gasteiger partial charge in [0.1, 0.15) is 4.87 Å². The predicted octanol–water partition coefficient (Wildman–Crippen LogP) is 3.66. The van der Waals surface area contributed by atoms with Crippen molar-refractivity contribution >= 4 is 29.1 Å². The Labute approximate surface area is 124 Å². The third-order valence-corrected chi connectivity index (χ3v) is 4.78. The van der Waals surface area contributed by atoms with Crippen molar-refractivity contribution in [1.82, 2.24) is 4.90 Å². The molecule has 104 valence electrons. The highest BCUT2D eigenvalue weighted by atomic mass is 35.5. The van der Waals surface area contributed by atoms with Gasteiger partial charge in [-0.15, -0.1) is 23.2 Å². The van der Waals surface area contributed by atoms with E-state index in [0.29, 0.717) is 25.4 Å². The average Bonchev–Trinajstić information content (AvgIpc) is 2.65. The lowest BCUT2D eigenvalue weighted by molar-refractivity contribution is -0.130. The Morgan fingerprint density at radius 2 is 2.05 bits per heavy atom. The highest BCUT2D eigenvalue weighted by Crippen LogP contribution is 2.40. The first kappa shape index (κ1) is 14.7. The Balaban J connectivity index is 2.14. The van der Waals surface area contributed by atoms with E-state index < -0.39 is 4.87 Å². The molecule has 0 N–H and O–H groups in total. The zero-order valence-electron chi connectivity index (χ0n) is 11.1. The Bertz CT molecular complexity index is 437. The van der Waals surface area contributed by atoms with Gasteiger partial charge >= 0.3 is 0 Å². The maximum Gasteiger partial charge on any atom is 0.244 e. The van der Waals surface area contributed by atoms with Crippen molar-refractivity contribution in [2.24, 2.45) is 5.92 Å². The predicted molar refractivity (Wildman–Crippen MR) is 79.6 cm³/mol. The standard InChI is InChI=1S/C15H19Cl2NO/c1-2-8-15(17)13(9-16)11-18(14(15)19)10-12-6-4-3-5-7-12/h3-7,13H,2,8-11H2,1H3/t13-,15-/m1/s1. The summed E-state index contributed by atoms with van der Waals surface area (Å²) in [6.45, 7) is 3.31. The largest absolute Gasteiger partial charge is 0.336 e. The van der Waals surface area contributed by atoms with Gasteiger partial charge in [0.05, 0.1) is 0 Å². The second kappa shape index (κ2) is 6.15. The molecule has 1 aliphatic heterocycles. The van der Waals surface area contributed by atoms with Gasteiger partial charge in [-0.3, -0.25) is 4.79 Å². The molecule has 2 nitrogen and oxygen atoms in total. The van der Waals surface area contributed by atoms with Crippen LogP contribution in [0.2, 0.25) is 0 Å². The fourth-order valence-electron chi connectivity index (χ4n) is 2.72. The van der Waals surface area contributed by atoms with Crippen molar-refractivity contribution in [1.29, 1.82) is 0 Å². The van der Waals surface area contributed by atoms with E-state index in [4.69, 9.17) is 23.2 Å². The molecule has 2 atom stereocenters. The summed E-state index contributed by atoms with van der Waals surface area (Å²) in [6.07, 6.45) is 1.58. The summed E-state index contributed by atoms with van der Waals surface area (Å²) in [4.78, 5) is 13.6. The minimum Gasteiger partial charge on any atom is -0.336 e. The van der Waals surface area contributed by atoms with Crippen LogP contribution in [0.1, 0.15) is 25.3 Å². The van der Waals surface area contributed by atoms with Crippen LogP contribution in [-0.2, 0) is 11.3 Å². The topological polar surface area (TPSA) is 20.3 Å². The lowest BCUT2D eigenvalue weighted by Crippen LogP contribution is -2.38. The zero-order valence-corrected chi connectivity index (χ0v) is 12.6. The van der Waals surface area contributed by atoms with E-state index in [9.17, 15) is 4.79 Å². The van der Waals surface area contributed by atoms with Gasteiger partial charge in [-0.25, -0.2) is 0 Å². The molecule has 4 heteroatoms. The van der Waals surface area contributed by atoms with Crippen LogP contribution in [0.3, 0.4) is 0 Å². The summed E-state index contributed by atoms with van der Waals surface area (Å²) in [5.74, 6) is 0.498. The minimum absolute atomic E-state index is 0.0329. The lowest BCUT2D eigenvalue weighted by atomic mass is 9.92. The molecule has 0 spiro atoms. The van der Waals surface area contributed by atoms with Crippen molar-refractivity contribution in [2.75, 3.05) is 12.4 Å². The van der Waals surface area contributed by atoms with Gasteiger partial charge in [-0.05, 0) is 12.0 Å². The molecule has 1 aromatic rings. The van der Waals surface area contributed by atoms with Crippen molar-refractivity contribution in [3.63, 3.8) is 0 Å². The van der Waals surface area contributed by atoms with Gasteiger partial charge in [0, 0.05) is 24.9 Å². The summed E-state index contributed by atoms with van der Waals surface area (Å²) in [5, 5.41) is 0. The third kappa shape index (κ3) is 2.90. The summed E-state index contributed by atoms with van der Waals surface area (Å²) in [6, 6.07) is 9.98. The van der Waals surface area contributed by atoms with E-state index in [0.717, 1.165) is 12.0 Å². The fourth-order valence-corrected chi connectivity index (χ4v) is 3.61. The zero-order chi connectivity index (χ0) is 13.9. The monoisotopic (exact) mass is 299 g/mol. The van der Waals surface area contributed by atoms with Crippen molar-refractivity contribution in [3.8, 4) is 0 Å². The molecule has 1 aliphatic rings. The number of halogens is 2. The van der Waals surface area contributed by atoms with Crippen LogP contribution in [0.5, 0.6) is 0 Å². The smallest absolute Gasteiger partial charge is 0.244 e. The molecule has 1 amide bonds. The molecule has 0 radical (unpaired) electrons. The first-order valence-electron chi connectivity index (χ1n) is 6.70. The number of likely N-dealkylation sites (tertiary alicyclic amines) is 1. The molecule has 0 bridgehead atoms. The molecule has 1 fully saturated rings. The van der Waals surface area contributed by atoms with E-state index in [2.05, 4.69) is 0 Å². The number of hydrogen-bond acceptors (Lipinski definition) is 1. The SMILES string of the molecule is CCC[C@]1(Cl)C(=O)N(Cc2ccccc2)C[C@H]1CCl. The van der Waals surface area contributed by atoms with E-state index in [1.807, 2.05) is 42.2 Å². The summed E-state index contributed by atoms with van der Waals surface area (Å²) in [7, 11) is 0. The van der Waals surface area contributed by atoms with Crippen LogP contribution in [0, 0.1) is 5.92 Å². The Kier molecular flexibility index (Phi) is 4.75. The number of rotatable bonds is 5. The first-order valence-corrected chi connectivity index (χ1v) is 7.61. The van der Waals surface area contributed by atoms with Gasteiger partial charge in [0.15, 0.2) is 0 Å². The van der Waals surface area contributed by atoms with E-state index in [-0.39, 0.29) is 11.8 Å². The number of benzene rings is 1. The molecule has 0 aliphatic carbocycles. The lowest BCUT2D eigenvalue weighted by Gasteiger charge is -2.24. The Morgan fingerprint density at radius 1 is 1.37 bits per heavy atom. The normalized spacial score (nSPS) is 27.0. The highest BCUT2D eigenvalue weighted by Gasteiger charge is 2.51. The number of carbonyl (C=O) groups is 1. The average molecular weight is 300 g/mol. The molecule has 0 unspecified atom stereocenters. The molecule has 1 saturated heterocycles. The summed E-state index contributed by atoms with van der Waals surface area (Å²) >= 11 is 12.6. The molecule has 1 heterocycles. The minimum atomic E-state index is -0.800. The highest BCUT2D eigenvalue weighted by molar-refractivity contribution is 6.36. The van der Waals surface area contributed by atoms with Gasteiger partial charge in [-0.2, -0.15) is 0 Å². The van der Waals surface area contributed by atoms with Crippen LogP contribution in [0.15, 0.2) is 30.3 Å². The van der Waals surface area contributed by atoms with E-state index in [1.165, 1.54) is 0 Å². The Hall–Kier alpha value is -0.730. The maximum absolute atomic E-state index is 12.5. The van der Waals surface area contributed by atoms with Gasteiger partial charge in [0.2, 0.25) is 5.91 Å². The van der Waals surface area contributed by atoms with E-state index >= 15 is 0 Å². The van der Waals surface area contributed by atoms with E-state index in [1.54, 1.807) is 0 Å². The summed E-state index contributed by atoms with van der Waals surface area (Å²) < 4.78 is 0. The number of hydrogen-bond donors (Lipinski definition) is 0. The van der Waals surface area contributed by atoms with Crippen LogP contribution < -0.4 is 0 Å². The third-order valence-electron chi connectivity index (χ3n) is 3.75. The number of nitrogens with zero attached hydrogens (tertiary/aromatic N) is 1. The number of carbonyl (C=O) groups excluding carboxylic acids is 1. The van der Waals surface area contributed by atoms with Gasteiger partial charge < -0.3 is 4.90 Å². The Morgan fingerprint density at radius 3 is 2.63 bits per heavy atom. The van der Waals surface area contributed by atoms with Crippen LogP contribution in [-0.4, -0.2) is 28.1 Å². The second-order valence-corrected chi connectivity index (χ2v) is 6.12. The van der Waals surface area contributed by atoms with Crippen LogP contribution in [0.4, 0.5) is 0 Å². The maximum atomic E-state index is 12.5. The number of amides is 1. The molecule has 19 heavy (non-hydrogen) atoms.